The Morgan fingerprint density at radius 3 is 2.26 bits per heavy atom. The number of halogens is 1. The molecule has 0 radical (unpaired) electrons. The van der Waals surface area contributed by atoms with E-state index in [2.05, 4.69) is 27.4 Å². The van der Waals surface area contributed by atoms with Crippen LogP contribution in [0.3, 0.4) is 0 Å². The van der Waals surface area contributed by atoms with E-state index in [1.807, 2.05) is 12.1 Å². The fraction of sp³-hybridized carbons (Fsp3) is 0.696. The molecule has 3 rings (SSSR count). The quantitative estimate of drug-likeness (QED) is 0.264. The number of ether oxygens (including phenoxy) is 2. The van der Waals surface area contributed by atoms with Crippen LogP contribution in [0.5, 0.6) is 11.5 Å². The molecule has 1 saturated heterocycles. The summed E-state index contributed by atoms with van der Waals surface area (Å²) in [5, 5.41) is 17.5. The molecule has 1 aromatic rings. The first-order chi connectivity index (χ1) is 14.6. The normalized spacial score (nSPS) is 19.5. The van der Waals surface area contributed by atoms with E-state index in [1.54, 1.807) is 20.3 Å². The molecule has 1 unspecified atom stereocenters. The zero-order valence-corrected chi connectivity index (χ0v) is 21.4. The summed E-state index contributed by atoms with van der Waals surface area (Å²) in [6, 6.07) is 6.67. The Morgan fingerprint density at radius 1 is 1.10 bits per heavy atom. The van der Waals surface area contributed by atoms with Crippen molar-refractivity contribution in [1.82, 2.24) is 15.5 Å². The van der Waals surface area contributed by atoms with Gasteiger partial charge in [-0.3, -0.25) is 4.99 Å². The van der Waals surface area contributed by atoms with E-state index in [-0.39, 0.29) is 30.5 Å². The van der Waals surface area contributed by atoms with E-state index >= 15 is 0 Å². The van der Waals surface area contributed by atoms with Crippen LogP contribution in [0.25, 0.3) is 0 Å². The van der Waals surface area contributed by atoms with Crippen molar-refractivity contribution in [3.05, 3.63) is 23.8 Å². The minimum atomic E-state index is -0.728. The van der Waals surface area contributed by atoms with Crippen molar-refractivity contribution in [3.8, 4) is 11.5 Å². The Balaban J connectivity index is 0.00000341. The van der Waals surface area contributed by atoms with Gasteiger partial charge in [-0.05, 0) is 50.3 Å². The highest BCUT2D eigenvalue weighted by Crippen LogP contribution is 2.27. The van der Waals surface area contributed by atoms with Crippen molar-refractivity contribution in [2.24, 2.45) is 4.99 Å². The Morgan fingerprint density at radius 2 is 1.71 bits per heavy atom. The largest absolute Gasteiger partial charge is 0.497 e. The predicted octanol–water partition coefficient (Wildman–Crippen LogP) is 3.32. The summed E-state index contributed by atoms with van der Waals surface area (Å²) in [6.07, 6.45) is 7.06. The van der Waals surface area contributed by atoms with E-state index in [1.165, 1.54) is 25.7 Å². The average molecular weight is 546 g/mol. The second-order valence-electron chi connectivity index (χ2n) is 8.27. The molecule has 31 heavy (non-hydrogen) atoms. The molecule has 1 aromatic carbocycles. The van der Waals surface area contributed by atoms with Crippen LogP contribution in [0.2, 0.25) is 0 Å². The number of piperidine rings is 1. The summed E-state index contributed by atoms with van der Waals surface area (Å²) in [5.41, 5.74) is 0.732. The van der Waals surface area contributed by atoms with Gasteiger partial charge in [0.2, 0.25) is 0 Å². The molecule has 3 N–H and O–H groups in total. The molecule has 0 spiro atoms. The third-order valence-electron chi connectivity index (χ3n) is 6.24. The van der Waals surface area contributed by atoms with Crippen LogP contribution in [0.15, 0.2) is 23.2 Å². The monoisotopic (exact) mass is 546 g/mol. The number of nitrogens with zero attached hydrogens (tertiary/aromatic N) is 2. The van der Waals surface area contributed by atoms with Crippen molar-refractivity contribution in [3.63, 3.8) is 0 Å². The van der Waals surface area contributed by atoms with Crippen LogP contribution in [0.4, 0.5) is 0 Å². The van der Waals surface area contributed by atoms with E-state index in [0.717, 1.165) is 50.0 Å². The first kappa shape index (κ1) is 26.0. The maximum atomic E-state index is 10.7. The topological polar surface area (TPSA) is 78.4 Å². The lowest BCUT2D eigenvalue weighted by Gasteiger charge is -2.36. The van der Waals surface area contributed by atoms with E-state index < -0.39 is 6.10 Å². The summed E-state index contributed by atoms with van der Waals surface area (Å²) in [4.78, 5) is 7.32. The number of nitrogens with one attached hydrogen (secondary N) is 2. The van der Waals surface area contributed by atoms with Gasteiger partial charge in [0.05, 0.1) is 26.9 Å². The number of likely N-dealkylation sites (tertiary alicyclic amines) is 1. The highest BCUT2D eigenvalue weighted by atomic mass is 127. The van der Waals surface area contributed by atoms with Crippen LogP contribution >= 0.6 is 24.0 Å². The van der Waals surface area contributed by atoms with Gasteiger partial charge in [0.1, 0.15) is 11.5 Å². The van der Waals surface area contributed by atoms with Crippen molar-refractivity contribution in [1.29, 1.82) is 0 Å². The molecule has 1 aliphatic heterocycles. The van der Waals surface area contributed by atoms with Crippen LogP contribution < -0.4 is 20.1 Å². The highest BCUT2D eigenvalue weighted by molar-refractivity contribution is 14.0. The summed E-state index contributed by atoms with van der Waals surface area (Å²) in [7, 11) is 3.21. The summed E-state index contributed by atoms with van der Waals surface area (Å²) in [5.74, 6) is 2.09. The molecule has 1 heterocycles. The second-order valence-corrected chi connectivity index (χ2v) is 8.27. The molecular formula is C23H39IN4O3. The number of aliphatic imine (C=N–C) groups is 1. The van der Waals surface area contributed by atoms with Crippen LogP contribution in [-0.2, 0) is 0 Å². The number of methoxy groups -OCH3 is 2. The summed E-state index contributed by atoms with van der Waals surface area (Å²) >= 11 is 0. The molecule has 1 atom stereocenters. The Kier molecular flexibility index (Phi) is 11.2. The molecule has 0 amide bonds. The molecular weight excluding hydrogens is 507 g/mol. The predicted molar refractivity (Wildman–Crippen MR) is 136 cm³/mol. The first-order valence-electron chi connectivity index (χ1n) is 11.3. The van der Waals surface area contributed by atoms with Gasteiger partial charge >= 0.3 is 0 Å². The smallest absolute Gasteiger partial charge is 0.191 e. The number of benzene rings is 1. The maximum absolute atomic E-state index is 10.7. The molecule has 0 aromatic heterocycles. The second kappa shape index (κ2) is 13.3. The minimum Gasteiger partial charge on any atom is -0.497 e. The van der Waals surface area contributed by atoms with E-state index in [4.69, 9.17) is 9.47 Å². The third-order valence-corrected chi connectivity index (χ3v) is 6.24. The molecule has 8 heteroatoms. The zero-order chi connectivity index (χ0) is 21.3. The standard InChI is InChI=1S/C23H38N4O3.HI/c1-4-24-23(26-18-9-11-27(12-10-18)19-7-5-6-8-19)25-16-22(28)17-13-20(29-2)15-21(14-17)30-3;/h13-15,18-19,22,28H,4-12,16H2,1-3H3,(H2,24,25,26);1H. The molecule has 176 valence electrons. The average Bonchev–Trinajstić information content (AvgIpc) is 3.32. The molecule has 7 nitrogen and oxygen atoms in total. The van der Waals surface area contributed by atoms with Gasteiger partial charge in [-0.1, -0.05) is 12.8 Å². The number of rotatable bonds is 8. The van der Waals surface area contributed by atoms with Gasteiger partial charge in [0.15, 0.2) is 5.96 Å². The zero-order valence-electron chi connectivity index (χ0n) is 19.1. The number of guanidine groups is 1. The lowest BCUT2D eigenvalue weighted by atomic mass is 10.0. The van der Waals surface area contributed by atoms with Crippen molar-refractivity contribution >= 4 is 29.9 Å². The van der Waals surface area contributed by atoms with Crippen molar-refractivity contribution < 1.29 is 14.6 Å². The molecule has 2 aliphatic rings. The summed E-state index contributed by atoms with van der Waals surface area (Å²) < 4.78 is 10.6. The lowest BCUT2D eigenvalue weighted by molar-refractivity contribution is 0.150. The summed E-state index contributed by atoms with van der Waals surface area (Å²) in [6.45, 7) is 5.44. The van der Waals surface area contributed by atoms with Gasteiger partial charge in [0.25, 0.3) is 0 Å². The fourth-order valence-corrected chi connectivity index (χ4v) is 4.50. The first-order valence-corrected chi connectivity index (χ1v) is 11.3. The van der Waals surface area contributed by atoms with E-state index in [9.17, 15) is 5.11 Å². The van der Waals surface area contributed by atoms with Gasteiger partial charge < -0.3 is 30.1 Å². The molecule has 1 aliphatic carbocycles. The van der Waals surface area contributed by atoms with Crippen LogP contribution in [0.1, 0.15) is 57.1 Å². The fourth-order valence-electron chi connectivity index (χ4n) is 4.50. The number of aliphatic hydroxyl groups is 1. The Labute approximate surface area is 204 Å². The Bertz CT molecular complexity index is 667. The van der Waals surface area contributed by atoms with Gasteiger partial charge in [-0.25, -0.2) is 0 Å². The van der Waals surface area contributed by atoms with Crippen LogP contribution in [-0.4, -0.2) is 68.4 Å². The number of hydrogen-bond acceptors (Lipinski definition) is 5. The lowest BCUT2D eigenvalue weighted by Crippen LogP contribution is -2.50. The SMILES string of the molecule is CCNC(=NCC(O)c1cc(OC)cc(OC)c1)NC1CCN(C2CCCC2)CC1.I. The van der Waals surface area contributed by atoms with Crippen LogP contribution in [0, 0.1) is 0 Å². The highest BCUT2D eigenvalue weighted by Gasteiger charge is 2.27. The maximum Gasteiger partial charge on any atom is 0.191 e. The molecule has 2 fully saturated rings. The third kappa shape index (κ3) is 7.68. The van der Waals surface area contributed by atoms with Crippen molar-refractivity contribution in [2.45, 2.75) is 63.6 Å². The molecule has 1 saturated carbocycles. The number of hydrogen-bond donors (Lipinski definition) is 3. The number of aliphatic hydroxyl groups excluding tert-OH is 1. The van der Waals surface area contributed by atoms with Gasteiger partial charge in [0, 0.05) is 37.8 Å². The van der Waals surface area contributed by atoms with E-state index in [0.29, 0.717) is 17.5 Å². The van der Waals surface area contributed by atoms with Gasteiger partial charge in [-0.15, -0.1) is 24.0 Å². The van der Waals surface area contributed by atoms with Crippen molar-refractivity contribution in [2.75, 3.05) is 40.4 Å². The molecule has 0 bridgehead atoms. The Hall–Kier alpha value is -1.26. The minimum absolute atomic E-state index is 0. The van der Waals surface area contributed by atoms with Gasteiger partial charge in [-0.2, -0.15) is 0 Å².